The van der Waals surface area contributed by atoms with Crippen LogP contribution in [0.1, 0.15) is 58.4 Å². The molecule has 1 N–H and O–H groups in total. The number of aromatic nitrogens is 1. The van der Waals surface area contributed by atoms with E-state index in [1.54, 1.807) is 0 Å². The highest BCUT2D eigenvalue weighted by molar-refractivity contribution is 5.29. The van der Waals surface area contributed by atoms with Gasteiger partial charge in [0.2, 0.25) is 0 Å². The maximum absolute atomic E-state index is 3.18. The van der Waals surface area contributed by atoms with E-state index in [2.05, 4.69) is 81.8 Å². The SMILES string of the molecule is CC(C)(C)N1CCc2ccccc2C1.CC(C)(C)c1ccc[nH]1. The zero-order chi connectivity index (χ0) is 17.1. The second-order valence-electron chi connectivity index (χ2n) is 8.44. The fourth-order valence-corrected chi connectivity index (χ4v) is 2.87. The molecule has 0 fully saturated rings. The highest BCUT2D eigenvalue weighted by Crippen LogP contribution is 2.24. The first-order valence-electron chi connectivity index (χ1n) is 8.63. The lowest BCUT2D eigenvalue weighted by Gasteiger charge is -2.39. The second kappa shape index (κ2) is 6.92. The van der Waals surface area contributed by atoms with Gasteiger partial charge in [-0.15, -0.1) is 0 Å². The van der Waals surface area contributed by atoms with Crippen LogP contribution in [0.15, 0.2) is 42.6 Å². The first-order valence-corrected chi connectivity index (χ1v) is 8.63. The third-order valence-corrected chi connectivity index (χ3v) is 4.49. The Morgan fingerprint density at radius 3 is 2.00 bits per heavy atom. The Labute approximate surface area is 141 Å². The van der Waals surface area contributed by atoms with Crippen molar-refractivity contribution in [3.05, 3.63) is 59.4 Å². The maximum Gasteiger partial charge on any atom is 0.0241 e. The van der Waals surface area contributed by atoms with Gasteiger partial charge in [0.05, 0.1) is 0 Å². The lowest BCUT2D eigenvalue weighted by Crippen LogP contribution is -2.44. The molecular weight excluding hydrogens is 280 g/mol. The molecule has 0 saturated carbocycles. The fourth-order valence-electron chi connectivity index (χ4n) is 2.87. The molecule has 1 aliphatic rings. The van der Waals surface area contributed by atoms with Crippen LogP contribution in [0.2, 0.25) is 0 Å². The predicted molar refractivity (Wildman–Crippen MR) is 99.8 cm³/mol. The largest absolute Gasteiger partial charge is 0.365 e. The van der Waals surface area contributed by atoms with Gasteiger partial charge in [0.25, 0.3) is 0 Å². The summed E-state index contributed by atoms with van der Waals surface area (Å²) in [5, 5.41) is 0. The lowest BCUT2D eigenvalue weighted by molar-refractivity contribution is 0.121. The molecule has 2 aromatic rings. The third-order valence-electron chi connectivity index (χ3n) is 4.49. The van der Waals surface area contributed by atoms with Crippen molar-refractivity contribution >= 4 is 0 Å². The number of aromatic amines is 1. The molecule has 0 bridgehead atoms. The first kappa shape index (κ1) is 17.8. The minimum Gasteiger partial charge on any atom is -0.365 e. The Morgan fingerprint density at radius 1 is 0.870 bits per heavy atom. The molecule has 2 heterocycles. The van der Waals surface area contributed by atoms with Crippen molar-refractivity contribution in [1.29, 1.82) is 0 Å². The molecule has 2 heteroatoms. The van der Waals surface area contributed by atoms with E-state index < -0.39 is 0 Å². The number of nitrogens with one attached hydrogen (secondary N) is 1. The number of hydrogen-bond donors (Lipinski definition) is 1. The summed E-state index contributed by atoms with van der Waals surface area (Å²) in [5.74, 6) is 0. The van der Waals surface area contributed by atoms with E-state index in [9.17, 15) is 0 Å². The molecule has 23 heavy (non-hydrogen) atoms. The second-order valence-corrected chi connectivity index (χ2v) is 8.44. The van der Waals surface area contributed by atoms with E-state index in [1.165, 1.54) is 29.8 Å². The van der Waals surface area contributed by atoms with Crippen LogP contribution in [-0.2, 0) is 18.4 Å². The maximum atomic E-state index is 3.18. The molecule has 1 aromatic heterocycles. The Hall–Kier alpha value is -1.54. The zero-order valence-electron chi connectivity index (χ0n) is 15.6. The van der Waals surface area contributed by atoms with Crippen LogP contribution < -0.4 is 0 Å². The van der Waals surface area contributed by atoms with E-state index in [0.29, 0.717) is 5.54 Å². The standard InChI is InChI=1S/C13H19N.C8H13N/c1-13(2,3)14-9-8-11-6-4-5-7-12(11)10-14;1-8(2,3)7-5-4-6-9-7/h4-7H,8-10H2,1-3H3;4-6,9H,1-3H3. The molecule has 0 radical (unpaired) electrons. The number of benzene rings is 1. The monoisotopic (exact) mass is 312 g/mol. The summed E-state index contributed by atoms with van der Waals surface area (Å²) < 4.78 is 0. The predicted octanol–water partition coefficient (Wildman–Crippen LogP) is 5.16. The topological polar surface area (TPSA) is 19.0 Å². The Morgan fingerprint density at radius 2 is 1.52 bits per heavy atom. The molecule has 0 atom stereocenters. The van der Waals surface area contributed by atoms with E-state index in [-0.39, 0.29) is 5.41 Å². The number of hydrogen-bond acceptors (Lipinski definition) is 1. The minimum absolute atomic E-state index is 0.267. The van der Waals surface area contributed by atoms with Crippen molar-refractivity contribution in [3.63, 3.8) is 0 Å². The van der Waals surface area contributed by atoms with Gasteiger partial charge in [-0.05, 0) is 50.5 Å². The molecule has 0 unspecified atom stereocenters. The number of fused-ring (bicyclic) bond motifs is 1. The van der Waals surface area contributed by atoms with Gasteiger partial charge in [-0.2, -0.15) is 0 Å². The lowest BCUT2D eigenvalue weighted by atomic mass is 9.93. The average Bonchev–Trinajstić information content (AvgIpc) is 3.01. The molecule has 0 saturated heterocycles. The van der Waals surface area contributed by atoms with Gasteiger partial charge in [-0.1, -0.05) is 45.0 Å². The number of rotatable bonds is 0. The van der Waals surface area contributed by atoms with Crippen molar-refractivity contribution in [2.75, 3.05) is 6.54 Å². The number of nitrogens with zero attached hydrogens (tertiary/aromatic N) is 1. The van der Waals surface area contributed by atoms with Gasteiger partial charge < -0.3 is 4.98 Å². The van der Waals surface area contributed by atoms with Gasteiger partial charge >= 0.3 is 0 Å². The Balaban J connectivity index is 0.000000185. The molecule has 2 nitrogen and oxygen atoms in total. The molecule has 126 valence electrons. The molecule has 3 rings (SSSR count). The molecule has 0 aliphatic carbocycles. The van der Waals surface area contributed by atoms with E-state index in [0.717, 1.165) is 6.54 Å². The Bertz CT molecular complexity index is 598. The van der Waals surface area contributed by atoms with Crippen LogP contribution in [-0.4, -0.2) is 22.0 Å². The van der Waals surface area contributed by atoms with Gasteiger partial charge in [0, 0.05) is 35.9 Å². The quantitative estimate of drug-likeness (QED) is 0.712. The summed E-state index contributed by atoms with van der Waals surface area (Å²) in [6.07, 6.45) is 3.16. The highest BCUT2D eigenvalue weighted by atomic mass is 15.2. The van der Waals surface area contributed by atoms with Crippen LogP contribution >= 0.6 is 0 Å². The fraction of sp³-hybridized carbons (Fsp3) is 0.524. The van der Waals surface area contributed by atoms with Crippen LogP contribution in [0.4, 0.5) is 0 Å². The minimum atomic E-state index is 0.267. The van der Waals surface area contributed by atoms with E-state index in [1.807, 2.05) is 12.3 Å². The summed E-state index contributed by atoms with van der Waals surface area (Å²) in [5.41, 5.74) is 4.90. The normalized spacial score (nSPS) is 15.6. The first-order chi connectivity index (χ1) is 10.7. The smallest absolute Gasteiger partial charge is 0.0241 e. The van der Waals surface area contributed by atoms with E-state index in [4.69, 9.17) is 0 Å². The summed E-state index contributed by atoms with van der Waals surface area (Å²) in [6, 6.07) is 12.9. The average molecular weight is 313 g/mol. The third kappa shape index (κ3) is 4.97. The van der Waals surface area contributed by atoms with Crippen molar-refractivity contribution in [2.45, 2.75) is 65.5 Å². The molecule has 0 amide bonds. The van der Waals surface area contributed by atoms with Crippen LogP contribution in [0, 0.1) is 0 Å². The summed E-state index contributed by atoms with van der Waals surface area (Å²) in [6.45, 7) is 15.8. The molecule has 0 spiro atoms. The van der Waals surface area contributed by atoms with Gasteiger partial charge in [-0.3, -0.25) is 4.90 Å². The zero-order valence-corrected chi connectivity index (χ0v) is 15.6. The van der Waals surface area contributed by atoms with Crippen LogP contribution in [0.3, 0.4) is 0 Å². The molecule has 1 aromatic carbocycles. The molecular formula is C21H32N2. The summed E-state index contributed by atoms with van der Waals surface area (Å²) in [7, 11) is 0. The van der Waals surface area contributed by atoms with Crippen LogP contribution in [0.25, 0.3) is 0 Å². The van der Waals surface area contributed by atoms with Gasteiger partial charge in [0.15, 0.2) is 0 Å². The summed E-state index contributed by atoms with van der Waals surface area (Å²) in [4.78, 5) is 5.73. The van der Waals surface area contributed by atoms with Crippen molar-refractivity contribution in [2.24, 2.45) is 0 Å². The summed E-state index contributed by atoms with van der Waals surface area (Å²) >= 11 is 0. The van der Waals surface area contributed by atoms with E-state index >= 15 is 0 Å². The van der Waals surface area contributed by atoms with Crippen molar-refractivity contribution in [1.82, 2.24) is 9.88 Å². The van der Waals surface area contributed by atoms with Crippen molar-refractivity contribution < 1.29 is 0 Å². The Kier molecular flexibility index (Phi) is 5.36. The van der Waals surface area contributed by atoms with Crippen molar-refractivity contribution in [3.8, 4) is 0 Å². The molecule has 1 aliphatic heterocycles. The highest BCUT2D eigenvalue weighted by Gasteiger charge is 2.24. The number of H-pyrrole nitrogens is 1. The van der Waals surface area contributed by atoms with Crippen LogP contribution in [0.5, 0.6) is 0 Å². The van der Waals surface area contributed by atoms with Gasteiger partial charge in [-0.25, -0.2) is 0 Å². The van der Waals surface area contributed by atoms with Gasteiger partial charge in [0.1, 0.15) is 0 Å².